The Morgan fingerprint density at radius 1 is 1.34 bits per heavy atom. The Kier molecular flexibility index (Phi) is 6.68. The first-order valence-electron chi connectivity index (χ1n) is 9.98. The van der Waals surface area contributed by atoms with Crippen LogP contribution in [0.2, 0.25) is 0 Å². The molecule has 7 heteroatoms. The first kappa shape index (κ1) is 20.6. The van der Waals surface area contributed by atoms with Gasteiger partial charge in [-0.05, 0) is 24.8 Å². The van der Waals surface area contributed by atoms with Crippen molar-refractivity contribution < 1.29 is 4.74 Å². The lowest BCUT2D eigenvalue weighted by Gasteiger charge is -2.23. The summed E-state index contributed by atoms with van der Waals surface area (Å²) in [5.41, 5.74) is 2.17. The van der Waals surface area contributed by atoms with E-state index in [-0.39, 0.29) is 11.6 Å². The van der Waals surface area contributed by atoms with Gasteiger partial charge in [0.05, 0.1) is 12.3 Å². The van der Waals surface area contributed by atoms with E-state index in [1.54, 1.807) is 0 Å². The third-order valence-corrected chi connectivity index (χ3v) is 4.66. The molecule has 0 aliphatic rings. The number of rotatable bonds is 9. The van der Waals surface area contributed by atoms with Crippen LogP contribution in [0.15, 0.2) is 41.3 Å². The normalized spacial score (nSPS) is 12.2. The van der Waals surface area contributed by atoms with Crippen LogP contribution < -0.4 is 15.6 Å². The molecule has 0 aliphatic heterocycles. The lowest BCUT2D eigenvalue weighted by molar-refractivity contribution is 0.306. The molecule has 3 rings (SSSR count). The molecule has 0 saturated carbocycles. The van der Waals surface area contributed by atoms with Gasteiger partial charge in [-0.1, -0.05) is 39.0 Å². The number of benzene rings is 1. The van der Waals surface area contributed by atoms with Crippen LogP contribution in [0, 0.1) is 17.2 Å². The summed E-state index contributed by atoms with van der Waals surface area (Å²) in [4.78, 5) is 16.8. The van der Waals surface area contributed by atoms with Gasteiger partial charge in [0.2, 0.25) is 0 Å². The van der Waals surface area contributed by atoms with Crippen molar-refractivity contribution in [2.24, 2.45) is 5.92 Å². The van der Waals surface area contributed by atoms with E-state index in [9.17, 15) is 10.1 Å². The topological polar surface area (TPSA) is 95.2 Å². The fraction of sp³-hybridized carbons (Fsp3) is 0.409. The lowest BCUT2D eigenvalue weighted by Crippen LogP contribution is -2.25. The maximum absolute atomic E-state index is 12.3. The van der Waals surface area contributed by atoms with Gasteiger partial charge in [0.15, 0.2) is 5.65 Å². The van der Waals surface area contributed by atoms with E-state index < -0.39 is 0 Å². The molecule has 29 heavy (non-hydrogen) atoms. The number of fused-ring (bicyclic) bond motifs is 1. The number of para-hydroxylation sites is 1. The molecule has 0 fully saturated rings. The van der Waals surface area contributed by atoms with Crippen LogP contribution in [-0.4, -0.2) is 21.2 Å². The Morgan fingerprint density at radius 3 is 2.86 bits per heavy atom. The molecule has 2 heterocycles. The quantitative estimate of drug-likeness (QED) is 0.580. The van der Waals surface area contributed by atoms with E-state index in [4.69, 9.17) is 4.74 Å². The molecule has 2 aromatic heterocycles. The fourth-order valence-electron chi connectivity index (χ4n) is 3.33. The maximum Gasteiger partial charge on any atom is 0.272 e. The molecule has 0 spiro atoms. The van der Waals surface area contributed by atoms with Crippen LogP contribution in [0.3, 0.4) is 0 Å². The second kappa shape index (κ2) is 9.39. The van der Waals surface area contributed by atoms with Gasteiger partial charge < -0.3 is 10.1 Å². The van der Waals surface area contributed by atoms with E-state index in [1.165, 1.54) is 16.8 Å². The van der Waals surface area contributed by atoms with E-state index in [1.807, 2.05) is 18.2 Å². The van der Waals surface area contributed by atoms with Crippen molar-refractivity contribution in [1.82, 2.24) is 19.9 Å². The molecule has 0 aliphatic carbocycles. The van der Waals surface area contributed by atoms with Crippen LogP contribution in [-0.2, 0) is 6.54 Å². The van der Waals surface area contributed by atoms with E-state index in [0.717, 1.165) is 24.2 Å². The van der Waals surface area contributed by atoms with Gasteiger partial charge in [-0.25, -0.2) is 9.50 Å². The molecule has 0 bridgehead atoms. The van der Waals surface area contributed by atoms with Gasteiger partial charge in [0.25, 0.3) is 5.56 Å². The van der Waals surface area contributed by atoms with Crippen LogP contribution in [0.4, 0.5) is 0 Å². The number of nitrogens with zero attached hydrogens (tertiary/aromatic N) is 3. The van der Waals surface area contributed by atoms with Crippen LogP contribution in [0.5, 0.6) is 5.75 Å². The average molecular weight is 393 g/mol. The van der Waals surface area contributed by atoms with Gasteiger partial charge in [-0.2, -0.15) is 5.26 Å². The summed E-state index contributed by atoms with van der Waals surface area (Å²) >= 11 is 0. The number of hydrogen-bond acceptors (Lipinski definition) is 5. The molecule has 1 aromatic carbocycles. The first-order valence-corrected chi connectivity index (χ1v) is 9.98. The highest BCUT2D eigenvalue weighted by Crippen LogP contribution is 2.30. The number of H-pyrrole nitrogens is 1. The molecule has 1 unspecified atom stereocenters. The second-order valence-corrected chi connectivity index (χ2v) is 7.49. The molecule has 0 radical (unpaired) electrons. The number of aromatic amines is 1. The second-order valence-electron chi connectivity index (χ2n) is 7.49. The maximum atomic E-state index is 12.3. The predicted molar refractivity (Wildman–Crippen MR) is 112 cm³/mol. The van der Waals surface area contributed by atoms with Gasteiger partial charge in [-0.15, -0.1) is 0 Å². The highest BCUT2D eigenvalue weighted by Gasteiger charge is 2.18. The molecule has 2 N–H and O–H groups in total. The number of ether oxygens (including phenoxy) is 1. The van der Waals surface area contributed by atoms with E-state index >= 15 is 0 Å². The Hall–Kier alpha value is -3.11. The van der Waals surface area contributed by atoms with Crippen LogP contribution in [0.25, 0.3) is 5.65 Å². The minimum Gasteiger partial charge on any atom is -0.493 e. The van der Waals surface area contributed by atoms with Crippen molar-refractivity contribution in [1.29, 1.82) is 5.26 Å². The summed E-state index contributed by atoms with van der Waals surface area (Å²) < 4.78 is 7.23. The summed E-state index contributed by atoms with van der Waals surface area (Å²) in [6.45, 7) is 7.54. The lowest BCUT2D eigenvalue weighted by atomic mass is 9.96. The van der Waals surface area contributed by atoms with E-state index in [2.05, 4.69) is 48.3 Å². The number of nitriles is 1. The Balaban J connectivity index is 1.86. The number of nitrogens with one attached hydrogen (secondary N) is 2. The van der Waals surface area contributed by atoms with Crippen molar-refractivity contribution in [3.63, 3.8) is 0 Å². The van der Waals surface area contributed by atoms with Crippen molar-refractivity contribution in [2.45, 2.75) is 46.2 Å². The largest absolute Gasteiger partial charge is 0.493 e. The first-order chi connectivity index (χ1) is 14.0. The predicted octanol–water partition coefficient (Wildman–Crippen LogP) is 3.56. The smallest absolute Gasteiger partial charge is 0.272 e. The van der Waals surface area contributed by atoms with Crippen molar-refractivity contribution in [2.75, 3.05) is 6.61 Å². The minimum atomic E-state index is -0.236. The summed E-state index contributed by atoms with van der Waals surface area (Å²) in [5, 5.41) is 15.5. The Bertz CT molecular complexity index is 1060. The summed E-state index contributed by atoms with van der Waals surface area (Å²) in [6.07, 6.45) is 3.35. The van der Waals surface area contributed by atoms with Crippen molar-refractivity contribution >= 4 is 5.65 Å². The van der Waals surface area contributed by atoms with Crippen LogP contribution in [0.1, 0.15) is 56.5 Å². The van der Waals surface area contributed by atoms with Gasteiger partial charge in [0, 0.05) is 30.4 Å². The highest BCUT2D eigenvalue weighted by molar-refractivity contribution is 5.53. The van der Waals surface area contributed by atoms with Gasteiger partial charge >= 0.3 is 0 Å². The molecule has 7 nitrogen and oxygen atoms in total. The van der Waals surface area contributed by atoms with Gasteiger partial charge in [-0.3, -0.25) is 9.89 Å². The molecular weight excluding hydrogens is 366 g/mol. The monoisotopic (exact) mass is 393 g/mol. The molecule has 0 amide bonds. The average Bonchev–Trinajstić information content (AvgIpc) is 3.13. The zero-order valence-electron chi connectivity index (χ0n) is 17.1. The Labute approximate surface area is 170 Å². The van der Waals surface area contributed by atoms with E-state index in [0.29, 0.717) is 36.0 Å². The summed E-state index contributed by atoms with van der Waals surface area (Å²) in [6, 6.07) is 11.7. The standard InChI is InChI=1S/C22H27N5O2/c1-4-9-29-20-8-6-5-7-18(20)19(10-15(2)3)24-14-17-11-21(28)27-22(26-17)16(12-23)13-25-27/h5-8,11,13,15,19,24-25H,4,9-10,14H2,1-3H3. The molecule has 0 saturated heterocycles. The molecular formula is C22H27N5O2. The SMILES string of the molecule is CCCOc1ccccc1C(CC(C)C)NCc1cc(=O)n2[nH]cc(C#N)c2n1. The number of aromatic nitrogens is 3. The molecule has 1 atom stereocenters. The van der Waals surface area contributed by atoms with Crippen LogP contribution >= 0.6 is 0 Å². The molecule has 3 aromatic rings. The van der Waals surface area contributed by atoms with Crippen molar-refractivity contribution in [3.05, 3.63) is 63.7 Å². The summed E-state index contributed by atoms with van der Waals surface area (Å²) in [7, 11) is 0. The molecule has 152 valence electrons. The Morgan fingerprint density at radius 2 is 2.14 bits per heavy atom. The zero-order chi connectivity index (χ0) is 20.8. The highest BCUT2D eigenvalue weighted by atomic mass is 16.5. The third-order valence-electron chi connectivity index (χ3n) is 4.66. The fourth-order valence-corrected chi connectivity index (χ4v) is 3.33. The van der Waals surface area contributed by atoms with Gasteiger partial charge in [0.1, 0.15) is 17.4 Å². The number of hydrogen-bond donors (Lipinski definition) is 2. The minimum absolute atomic E-state index is 0.0602. The van der Waals surface area contributed by atoms with Crippen molar-refractivity contribution in [3.8, 4) is 11.8 Å². The zero-order valence-corrected chi connectivity index (χ0v) is 17.1. The summed E-state index contributed by atoms with van der Waals surface area (Å²) in [5.74, 6) is 1.36. The third kappa shape index (κ3) is 4.84.